The minimum atomic E-state index is -2.31. The molecule has 1 heterocycles. The third-order valence-corrected chi connectivity index (χ3v) is 4.22. The van der Waals surface area contributed by atoms with Gasteiger partial charge in [-0.1, -0.05) is 0 Å². The van der Waals surface area contributed by atoms with Gasteiger partial charge in [0.2, 0.25) is 6.43 Å². The SMILES string of the molecule is I.NC(=N[C@H]1C[C@@H]1C(F)F)N1CCN(c2ccc(F)cc2)CC1. The molecule has 0 bridgehead atoms. The molecule has 0 unspecified atom stereocenters. The van der Waals surface area contributed by atoms with Crippen LogP contribution in [0.1, 0.15) is 6.42 Å². The molecule has 23 heavy (non-hydrogen) atoms. The van der Waals surface area contributed by atoms with Crippen LogP contribution in [0.25, 0.3) is 0 Å². The van der Waals surface area contributed by atoms with Gasteiger partial charge in [0.1, 0.15) is 5.82 Å². The van der Waals surface area contributed by atoms with Crippen molar-refractivity contribution in [1.29, 1.82) is 0 Å². The van der Waals surface area contributed by atoms with E-state index in [0.29, 0.717) is 25.5 Å². The molecule has 1 saturated carbocycles. The van der Waals surface area contributed by atoms with E-state index in [2.05, 4.69) is 9.89 Å². The van der Waals surface area contributed by atoms with Crippen LogP contribution in [0.3, 0.4) is 0 Å². The Morgan fingerprint density at radius 2 is 1.74 bits per heavy atom. The molecule has 0 aromatic heterocycles. The number of benzene rings is 1. The van der Waals surface area contributed by atoms with Crippen LogP contribution in [0.15, 0.2) is 29.3 Å². The quantitative estimate of drug-likeness (QED) is 0.447. The molecule has 0 spiro atoms. The Morgan fingerprint density at radius 3 is 2.26 bits per heavy atom. The highest BCUT2D eigenvalue weighted by molar-refractivity contribution is 14.0. The Labute approximate surface area is 150 Å². The van der Waals surface area contributed by atoms with Crippen LogP contribution in [-0.2, 0) is 0 Å². The molecular weight excluding hydrogens is 420 g/mol. The first-order valence-electron chi connectivity index (χ1n) is 7.41. The van der Waals surface area contributed by atoms with Crippen LogP contribution in [0.5, 0.6) is 0 Å². The zero-order valence-electron chi connectivity index (χ0n) is 12.5. The van der Waals surface area contributed by atoms with E-state index in [-0.39, 0.29) is 35.8 Å². The average molecular weight is 440 g/mol. The van der Waals surface area contributed by atoms with Gasteiger partial charge in [0, 0.05) is 37.8 Å². The Kier molecular flexibility index (Phi) is 5.99. The van der Waals surface area contributed by atoms with Crippen molar-refractivity contribution in [3.8, 4) is 0 Å². The maximum Gasteiger partial charge on any atom is 0.243 e. The predicted octanol–water partition coefficient (Wildman–Crippen LogP) is 2.53. The van der Waals surface area contributed by atoms with Gasteiger partial charge in [-0.25, -0.2) is 18.2 Å². The van der Waals surface area contributed by atoms with Crippen LogP contribution in [0, 0.1) is 11.7 Å². The van der Waals surface area contributed by atoms with Crippen molar-refractivity contribution in [3.05, 3.63) is 30.1 Å². The zero-order chi connectivity index (χ0) is 15.7. The minimum absolute atomic E-state index is 0. The number of nitrogens with two attached hydrogens (primary N) is 1. The molecule has 0 radical (unpaired) electrons. The summed E-state index contributed by atoms with van der Waals surface area (Å²) in [6.07, 6.45) is -1.88. The second-order valence-electron chi connectivity index (χ2n) is 5.74. The summed E-state index contributed by atoms with van der Waals surface area (Å²) in [7, 11) is 0. The molecule has 3 rings (SSSR count). The largest absolute Gasteiger partial charge is 0.370 e. The van der Waals surface area contributed by atoms with Gasteiger partial charge in [0.15, 0.2) is 5.96 Å². The van der Waals surface area contributed by atoms with E-state index in [0.717, 1.165) is 18.8 Å². The lowest BCUT2D eigenvalue weighted by Crippen LogP contribution is -2.51. The summed E-state index contributed by atoms with van der Waals surface area (Å²) in [5.41, 5.74) is 6.89. The molecule has 1 aromatic rings. The molecule has 0 amide bonds. The van der Waals surface area contributed by atoms with E-state index >= 15 is 0 Å². The number of halogens is 4. The number of hydrogen-bond donors (Lipinski definition) is 1. The summed E-state index contributed by atoms with van der Waals surface area (Å²) in [5, 5.41) is 0. The Morgan fingerprint density at radius 1 is 1.13 bits per heavy atom. The molecule has 1 aromatic carbocycles. The first kappa shape index (κ1) is 18.2. The van der Waals surface area contributed by atoms with Gasteiger partial charge in [0.25, 0.3) is 0 Å². The van der Waals surface area contributed by atoms with Gasteiger partial charge in [-0.2, -0.15) is 0 Å². The van der Waals surface area contributed by atoms with E-state index in [9.17, 15) is 13.2 Å². The van der Waals surface area contributed by atoms with Gasteiger partial charge in [0.05, 0.1) is 6.04 Å². The smallest absolute Gasteiger partial charge is 0.243 e. The third-order valence-electron chi connectivity index (χ3n) is 4.22. The second-order valence-corrected chi connectivity index (χ2v) is 5.74. The van der Waals surface area contributed by atoms with Gasteiger partial charge in [-0.15, -0.1) is 24.0 Å². The summed E-state index contributed by atoms with van der Waals surface area (Å²) in [6, 6.07) is 6.05. The number of aliphatic imine (C=N–C) groups is 1. The molecular formula is C15H20F3IN4. The van der Waals surface area contributed by atoms with Crippen molar-refractivity contribution < 1.29 is 13.2 Å². The van der Waals surface area contributed by atoms with E-state index < -0.39 is 12.3 Å². The molecule has 1 saturated heterocycles. The number of hydrogen-bond acceptors (Lipinski definition) is 2. The van der Waals surface area contributed by atoms with E-state index in [1.165, 1.54) is 12.1 Å². The van der Waals surface area contributed by atoms with Crippen molar-refractivity contribution >= 4 is 35.6 Å². The van der Waals surface area contributed by atoms with E-state index in [4.69, 9.17) is 5.73 Å². The fraction of sp³-hybridized carbons (Fsp3) is 0.533. The lowest BCUT2D eigenvalue weighted by Gasteiger charge is -2.36. The number of nitrogens with zero attached hydrogens (tertiary/aromatic N) is 3. The monoisotopic (exact) mass is 440 g/mol. The van der Waals surface area contributed by atoms with Crippen molar-refractivity contribution in [2.45, 2.75) is 18.9 Å². The highest BCUT2D eigenvalue weighted by atomic mass is 127. The fourth-order valence-corrected chi connectivity index (χ4v) is 2.72. The summed E-state index contributed by atoms with van der Waals surface area (Å²) in [6.45, 7) is 2.84. The lowest BCUT2D eigenvalue weighted by atomic mass is 10.2. The summed E-state index contributed by atoms with van der Waals surface area (Å²) >= 11 is 0. The number of alkyl halides is 2. The highest BCUT2D eigenvalue weighted by Crippen LogP contribution is 2.39. The zero-order valence-corrected chi connectivity index (χ0v) is 14.9. The van der Waals surface area contributed by atoms with E-state index in [1.54, 1.807) is 12.1 Å². The van der Waals surface area contributed by atoms with Crippen molar-refractivity contribution in [3.63, 3.8) is 0 Å². The summed E-state index contributed by atoms with van der Waals surface area (Å²) in [5.74, 6) is -0.525. The standard InChI is InChI=1S/C15H19F3N4.HI/c16-10-1-3-11(4-2-10)21-5-7-22(8-6-21)15(19)20-13-9-12(13)14(17)18;/h1-4,12-14H,5-9H2,(H2,19,20);1H/t12-,13-;/m0./s1. The van der Waals surface area contributed by atoms with E-state index in [1.807, 2.05) is 4.90 Å². The molecule has 2 N–H and O–H groups in total. The number of rotatable bonds is 3. The van der Waals surface area contributed by atoms with Crippen LogP contribution < -0.4 is 10.6 Å². The summed E-state index contributed by atoms with van der Waals surface area (Å²) < 4.78 is 37.9. The molecule has 2 aliphatic rings. The normalized spacial score (nSPS) is 24.6. The van der Waals surface area contributed by atoms with Crippen LogP contribution in [0.4, 0.5) is 18.9 Å². The number of piperazine rings is 1. The molecule has 2 atom stereocenters. The van der Waals surface area contributed by atoms with Gasteiger partial charge >= 0.3 is 0 Å². The Hall–Kier alpha value is -1.19. The van der Waals surface area contributed by atoms with Gasteiger partial charge < -0.3 is 15.5 Å². The highest BCUT2D eigenvalue weighted by Gasteiger charge is 2.44. The van der Waals surface area contributed by atoms with Crippen molar-refractivity contribution in [2.24, 2.45) is 16.6 Å². The third kappa shape index (κ3) is 4.42. The Balaban J connectivity index is 0.00000192. The van der Waals surface area contributed by atoms with Crippen molar-refractivity contribution in [2.75, 3.05) is 31.1 Å². The van der Waals surface area contributed by atoms with Gasteiger partial charge in [-0.3, -0.25) is 0 Å². The molecule has 1 aliphatic heterocycles. The summed E-state index contributed by atoms with van der Waals surface area (Å²) in [4.78, 5) is 8.26. The molecule has 128 valence electrons. The maximum absolute atomic E-state index is 12.9. The lowest BCUT2D eigenvalue weighted by molar-refractivity contribution is 0.121. The second kappa shape index (κ2) is 7.59. The van der Waals surface area contributed by atoms with Crippen LogP contribution >= 0.6 is 24.0 Å². The topological polar surface area (TPSA) is 44.9 Å². The van der Waals surface area contributed by atoms with Crippen LogP contribution in [0.2, 0.25) is 0 Å². The molecule has 4 nitrogen and oxygen atoms in total. The average Bonchev–Trinajstić information content (AvgIpc) is 3.28. The first-order valence-corrected chi connectivity index (χ1v) is 7.41. The molecule has 1 aliphatic carbocycles. The van der Waals surface area contributed by atoms with Crippen molar-refractivity contribution in [1.82, 2.24) is 4.90 Å². The number of anilines is 1. The number of guanidine groups is 1. The Bertz CT molecular complexity index is 544. The predicted molar refractivity (Wildman–Crippen MR) is 95.1 cm³/mol. The maximum atomic E-state index is 12.9. The fourth-order valence-electron chi connectivity index (χ4n) is 2.72. The molecule has 8 heteroatoms. The van der Waals surface area contributed by atoms with Gasteiger partial charge in [-0.05, 0) is 30.7 Å². The first-order chi connectivity index (χ1) is 10.5. The minimum Gasteiger partial charge on any atom is -0.370 e. The van der Waals surface area contributed by atoms with Crippen LogP contribution in [-0.4, -0.2) is 49.5 Å². The molecule has 2 fully saturated rings.